The quantitative estimate of drug-likeness (QED) is 0.480. The SMILES string of the molecule is COC1=CC(=O)C(OC)=C(CNC(=O)[C@@H](NC(=O)OC(C)(C)C)[C@@H](C)OCc2ccccc2)C1=O. The van der Waals surface area contributed by atoms with Gasteiger partial charge in [0.1, 0.15) is 11.6 Å². The van der Waals surface area contributed by atoms with E-state index in [0.29, 0.717) is 0 Å². The van der Waals surface area contributed by atoms with Crippen LogP contribution in [0.3, 0.4) is 0 Å². The fourth-order valence-corrected chi connectivity index (χ4v) is 3.20. The summed E-state index contributed by atoms with van der Waals surface area (Å²) in [7, 11) is 2.51. The Bertz CT molecular complexity index is 1010. The number of rotatable bonds is 10. The highest BCUT2D eigenvalue weighted by Gasteiger charge is 2.33. The van der Waals surface area contributed by atoms with Crippen molar-refractivity contribution in [2.75, 3.05) is 20.8 Å². The third kappa shape index (κ3) is 7.96. The van der Waals surface area contributed by atoms with Crippen LogP contribution in [0.15, 0.2) is 53.5 Å². The van der Waals surface area contributed by atoms with E-state index in [-0.39, 0.29) is 30.2 Å². The summed E-state index contributed by atoms with van der Waals surface area (Å²) in [6.07, 6.45) is -0.548. The molecule has 10 nitrogen and oxygen atoms in total. The molecule has 35 heavy (non-hydrogen) atoms. The highest BCUT2D eigenvalue weighted by molar-refractivity contribution is 6.21. The monoisotopic (exact) mass is 488 g/mol. The van der Waals surface area contributed by atoms with Crippen molar-refractivity contribution in [1.82, 2.24) is 10.6 Å². The maximum absolute atomic E-state index is 13.1. The smallest absolute Gasteiger partial charge is 0.408 e. The third-order valence-corrected chi connectivity index (χ3v) is 4.90. The molecule has 0 fully saturated rings. The fourth-order valence-electron chi connectivity index (χ4n) is 3.20. The first-order valence-electron chi connectivity index (χ1n) is 11.0. The van der Waals surface area contributed by atoms with Gasteiger partial charge in [0, 0.05) is 6.08 Å². The van der Waals surface area contributed by atoms with Gasteiger partial charge < -0.3 is 29.6 Å². The molecule has 2 N–H and O–H groups in total. The molecule has 0 aliphatic heterocycles. The third-order valence-electron chi connectivity index (χ3n) is 4.90. The summed E-state index contributed by atoms with van der Waals surface area (Å²) >= 11 is 0. The van der Waals surface area contributed by atoms with E-state index < -0.39 is 41.3 Å². The maximum Gasteiger partial charge on any atom is 0.408 e. The molecule has 1 aromatic carbocycles. The number of allylic oxidation sites excluding steroid dienone is 2. The van der Waals surface area contributed by atoms with Crippen molar-refractivity contribution in [2.24, 2.45) is 0 Å². The van der Waals surface area contributed by atoms with Crippen LogP contribution in [0.25, 0.3) is 0 Å². The second-order valence-corrected chi connectivity index (χ2v) is 8.76. The molecule has 2 rings (SSSR count). The van der Waals surface area contributed by atoms with Gasteiger partial charge in [-0.1, -0.05) is 30.3 Å². The summed E-state index contributed by atoms with van der Waals surface area (Å²) in [6.45, 7) is 6.60. The Labute approximate surface area is 204 Å². The number of benzene rings is 1. The van der Waals surface area contributed by atoms with Crippen molar-refractivity contribution in [3.8, 4) is 0 Å². The van der Waals surface area contributed by atoms with Crippen LogP contribution in [0, 0.1) is 0 Å². The van der Waals surface area contributed by atoms with Crippen molar-refractivity contribution < 1.29 is 38.1 Å². The van der Waals surface area contributed by atoms with Gasteiger partial charge in [0.05, 0.1) is 39.0 Å². The van der Waals surface area contributed by atoms with Crippen LogP contribution in [-0.4, -0.2) is 62.1 Å². The average Bonchev–Trinajstić information content (AvgIpc) is 2.80. The van der Waals surface area contributed by atoms with Gasteiger partial charge >= 0.3 is 6.09 Å². The fraction of sp³-hybridized carbons (Fsp3) is 0.440. The first-order valence-corrected chi connectivity index (χ1v) is 11.0. The summed E-state index contributed by atoms with van der Waals surface area (Å²) in [6, 6.07) is 8.17. The van der Waals surface area contributed by atoms with E-state index >= 15 is 0 Å². The molecule has 10 heteroatoms. The predicted octanol–water partition coefficient (Wildman–Crippen LogP) is 2.18. The molecule has 0 unspecified atom stereocenters. The van der Waals surface area contributed by atoms with E-state index in [1.54, 1.807) is 27.7 Å². The van der Waals surface area contributed by atoms with Crippen molar-refractivity contribution >= 4 is 23.6 Å². The maximum atomic E-state index is 13.1. The molecule has 1 aromatic rings. The van der Waals surface area contributed by atoms with Crippen LogP contribution < -0.4 is 10.6 Å². The summed E-state index contributed by atoms with van der Waals surface area (Å²) in [5, 5.41) is 5.11. The zero-order valence-electron chi connectivity index (χ0n) is 20.8. The molecule has 0 bridgehead atoms. The highest BCUT2D eigenvalue weighted by Crippen LogP contribution is 2.20. The number of ketones is 2. The average molecular weight is 489 g/mol. The molecule has 2 atom stereocenters. The van der Waals surface area contributed by atoms with Gasteiger partial charge in [0.25, 0.3) is 0 Å². The standard InChI is InChI=1S/C25H32N2O8/c1-15(34-14-16-10-8-7-9-11-16)20(27-24(31)35-25(2,3)4)23(30)26-13-17-21(29)19(32-5)12-18(28)22(17)33-6/h7-12,15,20H,13-14H2,1-6H3,(H,26,30)(H,27,31)/t15-,20+/m1/s1. The van der Waals surface area contributed by atoms with E-state index in [1.807, 2.05) is 30.3 Å². The Morgan fingerprint density at radius 2 is 1.69 bits per heavy atom. The topological polar surface area (TPSA) is 129 Å². The van der Waals surface area contributed by atoms with Gasteiger partial charge in [-0.2, -0.15) is 0 Å². The van der Waals surface area contributed by atoms with E-state index in [0.717, 1.165) is 11.6 Å². The van der Waals surface area contributed by atoms with Gasteiger partial charge in [-0.3, -0.25) is 14.4 Å². The number of Topliss-reactive ketones (excluding diaryl/α,β-unsaturated/α-hetero) is 1. The predicted molar refractivity (Wildman–Crippen MR) is 126 cm³/mol. The van der Waals surface area contributed by atoms with Crippen LogP contribution in [-0.2, 0) is 39.9 Å². The Hall–Kier alpha value is -3.66. The molecule has 0 aromatic heterocycles. The molecule has 190 valence electrons. The Morgan fingerprint density at radius 1 is 1.03 bits per heavy atom. The van der Waals surface area contributed by atoms with E-state index in [9.17, 15) is 19.2 Å². The summed E-state index contributed by atoms with van der Waals surface area (Å²) in [5.74, 6) is -2.15. The second-order valence-electron chi connectivity index (χ2n) is 8.76. The number of ether oxygens (including phenoxy) is 4. The van der Waals surface area contributed by atoms with Crippen molar-refractivity contribution in [1.29, 1.82) is 0 Å². The number of alkyl carbamates (subject to hydrolysis) is 1. The van der Waals surface area contributed by atoms with E-state index in [4.69, 9.17) is 18.9 Å². The zero-order valence-corrected chi connectivity index (χ0v) is 20.8. The van der Waals surface area contributed by atoms with Gasteiger partial charge in [0.2, 0.25) is 17.5 Å². The molecule has 0 saturated heterocycles. The normalized spacial score (nSPS) is 15.7. The number of amides is 2. The lowest BCUT2D eigenvalue weighted by atomic mass is 9.99. The summed E-state index contributed by atoms with van der Waals surface area (Å²) in [5.41, 5.74) is 0.0322. The van der Waals surface area contributed by atoms with Crippen molar-refractivity contribution in [3.63, 3.8) is 0 Å². The number of hydrogen-bond donors (Lipinski definition) is 2. The number of carbonyl (C=O) groups is 4. The zero-order chi connectivity index (χ0) is 26.2. The lowest BCUT2D eigenvalue weighted by Gasteiger charge is -2.27. The number of carbonyl (C=O) groups excluding carboxylic acids is 4. The Kier molecular flexibility index (Phi) is 9.59. The van der Waals surface area contributed by atoms with Gasteiger partial charge in [0.15, 0.2) is 11.5 Å². The van der Waals surface area contributed by atoms with Crippen LogP contribution >= 0.6 is 0 Å². The van der Waals surface area contributed by atoms with E-state index in [1.165, 1.54) is 14.2 Å². The van der Waals surface area contributed by atoms with Crippen LogP contribution in [0.1, 0.15) is 33.3 Å². The largest absolute Gasteiger partial charge is 0.492 e. The molecule has 0 heterocycles. The molecule has 0 spiro atoms. The van der Waals surface area contributed by atoms with Crippen LogP contribution in [0.5, 0.6) is 0 Å². The summed E-state index contributed by atoms with van der Waals surface area (Å²) in [4.78, 5) is 50.4. The Balaban J connectivity index is 2.17. The minimum atomic E-state index is -1.16. The first kappa shape index (κ1) is 27.6. The van der Waals surface area contributed by atoms with Gasteiger partial charge in [-0.05, 0) is 33.3 Å². The van der Waals surface area contributed by atoms with E-state index in [2.05, 4.69) is 10.6 Å². The minimum Gasteiger partial charge on any atom is -0.492 e. The summed E-state index contributed by atoms with van der Waals surface area (Å²) < 4.78 is 21.1. The number of methoxy groups -OCH3 is 2. The molecule has 0 radical (unpaired) electrons. The Morgan fingerprint density at radius 3 is 2.26 bits per heavy atom. The lowest BCUT2D eigenvalue weighted by molar-refractivity contribution is -0.127. The first-order chi connectivity index (χ1) is 16.5. The molecule has 2 amide bonds. The van der Waals surface area contributed by atoms with Crippen LogP contribution in [0.2, 0.25) is 0 Å². The number of hydrogen-bond acceptors (Lipinski definition) is 8. The molecule has 1 aliphatic rings. The molecule has 1 aliphatic carbocycles. The van der Waals surface area contributed by atoms with Gasteiger partial charge in [-0.15, -0.1) is 0 Å². The second kappa shape index (κ2) is 12.2. The molecule has 0 saturated carbocycles. The van der Waals surface area contributed by atoms with Crippen LogP contribution in [0.4, 0.5) is 4.79 Å². The lowest BCUT2D eigenvalue weighted by Crippen LogP contribution is -2.54. The molecular formula is C25H32N2O8. The van der Waals surface area contributed by atoms with Gasteiger partial charge in [-0.25, -0.2) is 4.79 Å². The highest BCUT2D eigenvalue weighted by atomic mass is 16.6. The number of nitrogens with one attached hydrogen (secondary N) is 2. The molecular weight excluding hydrogens is 456 g/mol. The van der Waals surface area contributed by atoms with Crippen molar-refractivity contribution in [2.45, 2.75) is 52.0 Å². The van der Waals surface area contributed by atoms with Crippen molar-refractivity contribution in [3.05, 3.63) is 59.1 Å². The minimum absolute atomic E-state index is 0.0703.